The van der Waals surface area contributed by atoms with Crippen LogP contribution in [0.3, 0.4) is 0 Å². The van der Waals surface area contributed by atoms with Gasteiger partial charge in [0.05, 0.1) is 19.4 Å². The second-order valence-corrected chi connectivity index (χ2v) is 9.34. The number of fused-ring (bicyclic) bond motifs is 1. The molecule has 0 aliphatic heterocycles. The largest absolute Gasteiger partial charge is 0.494 e. The molecule has 2 rings (SSSR count). The first-order chi connectivity index (χ1) is 13.7. The molecule has 0 saturated carbocycles. The molecule has 0 atom stereocenters. The van der Waals surface area contributed by atoms with Gasteiger partial charge in [0.2, 0.25) is 10.0 Å². The van der Waals surface area contributed by atoms with Crippen molar-refractivity contribution in [3.63, 3.8) is 0 Å². The van der Waals surface area contributed by atoms with Crippen LogP contribution in [-0.2, 0) is 10.0 Å². The predicted molar refractivity (Wildman–Crippen MR) is 136 cm³/mol. The number of nitrogens with one attached hydrogen (secondary N) is 3. The third-order valence-corrected chi connectivity index (χ3v) is 4.96. The Balaban J connectivity index is 0.00000450. The lowest BCUT2D eigenvalue weighted by Gasteiger charge is -2.23. The molecule has 0 heterocycles. The van der Waals surface area contributed by atoms with Crippen molar-refractivity contribution in [2.45, 2.75) is 32.7 Å². The number of ether oxygens (including phenoxy) is 1. The van der Waals surface area contributed by atoms with Crippen LogP contribution in [0, 0.1) is 0 Å². The van der Waals surface area contributed by atoms with Crippen molar-refractivity contribution < 1.29 is 13.2 Å². The molecule has 0 amide bonds. The number of hydrogen-bond donors (Lipinski definition) is 3. The zero-order valence-electron chi connectivity index (χ0n) is 18.1. The number of sulfonamides is 1. The third kappa shape index (κ3) is 9.94. The Hall–Kier alpha value is -1.59. The van der Waals surface area contributed by atoms with Crippen molar-refractivity contribution in [3.05, 3.63) is 42.5 Å². The maximum atomic E-state index is 11.4. The molecule has 0 radical (unpaired) electrons. The summed E-state index contributed by atoms with van der Waals surface area (Å²) in [5, 5.41) is 8.78. The van der Waals surface area contributed by atoms with E-state index in [9.17, 15) is 8.42 Å². The van der Waals surface area contributed by atoms with Gasteiger partial charge in [-0.05, 0) is 50.1 Å². The van der Waals surface area contributed by atoms with E-state index >= 15 is 0 Å². The lowest BCUT2D eigenvalue weighted by molar-refractivity contribution is 0.311. The molecule has 3 N–H and O–H groups in total. The van der Waals surface area contributed by atoms with Crippen LogP contribution < -0.4 is 20.1 Å². The van der Waals surface area contributed by atoms with Crippen molar-refractivity contribution in [2.75, 3.05) is 32.5 Å². The molecular formula is C21H33IN4O3S. The third-order valence-electron chi connectivity index (χ3n) is 4.04. The van der Waals surface area contributed by atoms with Gasteiger partial charge in [0.1, 0.15) is 5.75 Å². The van der Waals surface area contributed by atoms with Crippen molar-refractivity contribution in [2.24, 2.45) is 4.99 Å². The monoisotopic (exact) mass is 548 g/mol. The van der Waals surface area contributed by atoms with E-state index in [0.717, 1.165) is 30.4 Å². The van der Waals surface area contributed by atoms with Gasteiger partial charge in [-0.3, -0.25) is 4.99 Å². The molecule has 0 bridgehead atoms. The summed E-state index contributed by atoms with van der Waals surface area (Å²) >= 11 is 0. The van der Waals surface area contributed by atoms with Crippen LogP contribution in [0.1, 0.15) is 27.2 Å². The number of hydrogen-bond acceptors (Lipinski definition) is 4. The van der Waals surface area contributed by atoms with Crippen molar-refractivity contribution in [1.82, 2.24) is 15.4 Å². The highest BCUT2D eigenvalue weighted by atomic mass is 127. The molecule has 0 saturated heterocycles. The van der Waals surface area contributed by atoms with Crippen LogP contribution in [0.4, 0.5) is 0 Å². The second kappa shape index (κ2) is 12.3. The molecule has 0 aliphatic carbocycles. The average molecular weight is 548 g/mol. The number of guanidine groups is 1. The summed E-state index contributed by atoms with van der Waals surface area (Å²) in [7, 11) is -3.28. The Morgan fingerprint density at radius 1 is 1.10 bits per heavy atom. The van der Waals surface area contributed by atoms with E-state index in [1.54, 1.807) is 13.8 Å². The van der Waals surface area contributed by atoms with Crippen LogP contribution in [0.5, 0.6) is 5.75 Å². The summed E-state index contributed by atoms with van der Waals surface area (Å²) in [6.45, 7) is 7.92. The minimum atomic E-state index is -3.28. The number of rotatable bonds is 10. The van der Waals surface area contributed by atoms with Crippen LogP contribution in [0.15, 0.2) is 47.5 Å². The normalized spacial score (nSPS) is 12.3. The van der Waals surface area contributed by atoms with Crippen molar-refractivity contribution in [1.29, 1.82) is 0 Å². The van der Waals surface area contributed by atoms with E-state index in [2.05, 4.69) is 38.5 Å². The highest BCUT2D eigenvalue weighted by Crippen LogP contribution is 2.20. The number of aliphatic imine (C=N–C) groups is 1. The molecular weight excluding hydrogens is 515 g/mol. The van der Waals surface area contributed by atoms with E-state index in [0.29, 0.717) is 25.7 Å². The summed E-state index contributed by atoms with van der Waals surface area (Å²) in [6, 6.07) is 14.3. The summed E-state index contributed by atoms with van der Waals surface area (Å²) in [6.07, 6.45) is 1.96. The van der Waals surface area contributed by atoms with E-state index in [1.807, 2.05) is 31.2 Å². The molecule has 9 heteroatoms. The predicted octanol–water partition coefficient (Wildman–Crippen LogP) is 3.11. The highest BCUT2D eigenvalue weighted by molar-refractivity contribution is 14.0. The SMILES string of the molecule is CCNC(=NCC(C)(C)NS(C)(=O)=O)NCCCOc1ccc2ccccc2c1.I. The Morgan fingerprint density at radius 2 is 1.80 bits per heavy atom. The number of benzene rings is 2. The fourth-order valence-corrected chi connectivity index (χ4v) is 3.95. The van der Waals surface area contributed by atoms with Crippen molar-refractivity contribution >= 4 is 50.7 Å². The van der Waals surface area contributed by atoms with Gasteiger partial charge in [0.15, 0.2) is 5.96 Å². The van der Waals surface area contributed by atoms with Crippen LogP contribution in [0.25, 0.3) is 10.8 Å². The number of halogens is 1. The molecule has 0 spiro atoms. The quantitative estimate of drug-likeness (QED) is 0.184. The second-order valence-electron chi connectivity index (χ2n) is 7.59. The lowest BCUT2D eigenvalue weighted by atomic mass is 10.1. The molecule has 2 aromatic carbocycles. The lowest BCUT2D eigenvalue weighted by Crippen LogP contribution is -2.46. The van der Waals surface area contributed by atoms with Gasteiger partial charge >= 0.3 is 0 Å². The van der Waals surface area contributed by atoms with Gasteiger partial charge in [-0.2, -0.15) is 0 Å². The Labute approximate surface area is 197 Å². The number of nitrogens with zero attached hydrogens (tertiary/aromatic N) is 1. The van der Waals surface area contributed by atoms with E-state index in [4.69, 9.17) is 4.74 Å². The fourth-order valence-electron chi connectivity index (χ4n) is 2.88. The van der Waals surface area contributed by atoms with Crippen molar-refractivity contribution in [3.8, 4) is 5.75 Å². The van der Waals surface area contributed by atoms with E-state index in [-0.39, 0.29) is 24.0 Å². The molecule has 0 fully saturated rings. The maximum absolute atomic E-state index is 11.4. The molecule has 168 valence electrons. The standard InChI is InChI=1S/C21H32N4O3S.HI/c1-5-22-20(24-16-21(2,3)25-29(4,26)27)23-13-8-14-28-19-12-11-17-9-6-7-10-18(17)15-19;/h6-7,9-12,15,25H,5,8,13-14,16H2,1-4H3,(H2,22,23,24);1H. The van der Waals surface area contributed by atoms with E-state index in [1.165, 1.54) is 5.39 Å². The minimum absolute atomic E-state index is 0. The molecule has 30 heavy (non-hydrogen) atoms. The first-order valence-corrected chi connectivity index (χ1v) is 11.7. The average Bonchev–Trinajstić information content (AvgIpc) is 2.64. The smallest absolute Gasteiger partial charge is 0.209 e. The van der Waals surface area contributed by atoms with Gasteiger partial charge < -0.3 is 15.4 Å². The highest BCUT2D eigenvalue weighted by Gasteiger charge is 2.21. The molecule has 0 aliphatic rings. The topological polar surface area (TPSA) is 91.8 Å². The molecule has 7 nitrogen and oxygen atoms in total. The van der Waals surface area contributed by atoms with Gasteiger partial charge in [-0.1, -0.05) is 30.3 Å². The fraction of sp³-hybridized carbons (Fsp3) is 0.476. The first kappa shape index (κ1) is 26.4. The first-order valence-electron chi connectivity index (χ1n) is 9.81. The Morgan fingerprint density at radius 3 is 2.47 bits per heavy atom. The van der Waals surface area contributed by atoms with Gasteiger partial charge in [0, 0.05) is 18.6 Å². The molecule has 0 aromatic heterocycles. The van der Waals surface area contributed by atoms with Gasteiger partial charge in [-0.25, -0.2) is 13.1 Å². The van der Waals surface area contributed by atoms with Crippen LogP contribution >= 0.6 is 24.0 Å². The Kier molecular flexibility index (Phi) is 10.9. The Bertz CT molecular complexity index is 933. The molecule has 0 unspecified atom stereocenters. The summed E-state index contributed by atoms with van der Waals surface area (Å²) < 4.78 is 31.3. The van der Waals surface area contributed by atoms with E-state index < -0.39 is 15.6 Å². The van der Waals surface area contributed by atoms with Crippen LogP contribution in [0.2, 0.25) is 0 Å². The van der Waals surface area contributed by atoms with Crippen LogP contribution in [-0.4, -0.2) is 52.4 Å². The van der Waals surface area contributed by atoms with Gasteiger partial charge in [0.25, 0.3) is 0 Å². The summed E-state index contributed by atoms with van der Waals surface area (Å²) in [5.74, 6) is 1.51. The summed E-state index contributed by atoms with van der Waals surface area (Å²) in [5.41, 5.74) is -0.658. The zero-order valence-corrected chi connectivity index (χ0v) is 21.2. The maximum Gasteiger partial charge on any atom is 0.209 e. The zero-order chi connectivity index (χ0) is 21.3. The molecule has 2 aromatic rings. The van der Waals surface area contributed by atoms with Gasteiger partial charge in [-0.15, -0.1) is 24.0 Å². The minimum Gasteiger partial charge on any atom is -0.494 e. The summed E-state index contributed by atoms with van der Waals surface area (Å²) in [4.78, 5) is 4.49.